The van der Waals surface area contributed by atoms with Crippen LogP contribution in [0.5, 0.6) is 11.5 Å². The van der Waals surface area contributed by atoms with Gasteiger partial charge in [-0.25, -0.2) is 9.78 Å². The van der Waals surface area contributed by atoms with E-state index in [0.29, 0.717) is 11.2 Å². The van der Waals surface area contributed by atoms with Crippen LogP contribution in [-0.2, 0) is 5.41 Å². The molecule has 30 heavy (non-hydrogen) atoms. The molecule has 2 fully saturated rings. The number of thiazole rings is 1. The van der Waals surface area contributed by atoms with Crippen molar-refractivity contribution in [2.75, 3.05) is 33.1 Å². The monoisotopic (exact) mass is 430 g/mol. The number of urea groups is 1. The topological polar surface area (TPSA) is 75.7 Å². The van der Waals surface area contributed by atoms with Crippen LogP contribution in [0.1, 0.15) is 36.9 Å². The summed E-state index contributed by atoms with van der Waals surface area (Å²) < 4.78 is 11.0. The number of anilines is 1. The quantitative estimate of drug-likeness (QED) is 0.755. The highest BCUT2D eigenvalue weighted by atomic mass is 32.1. The Kier molecular flexibility index (Phi) is 5.88. The molecule has 8 heteroatoms. The Hall–Kier alpha value is -2.32. The first-order valence-electron chi connectivity index (χ1n) is 10.4. The number of aryl methyl sites for hydroxylation is 1. The normalized spacial score (nSPS) is 26.1. The van der Waals surface area contributed by atoms with Gasteiger partial charge in [0, 0.05) is 22.9 Å². The molecule has 3 atom stereocenters. The Morgan fingerprint density at radius 2 is 2.07 bits per heavy atom. The van der Waals surface area contributed by atoms with E-state index >= 15 is 0 Å². The van der Waals surface area contributed by atoms with Crippen molar-refractivity contribution >= 4 is 22.5 Å². The third-order valence-electron chi connectivity index (χ3n) is 6.66. The lowest BCUT2D eigenvalue weighted by Gasteiger charge is -2.45. The van der Waals surface area contributed by atoms with Crippen LogP contribution in [0.15, 0.2) is 23.6 Å². The number of ether oxygens (including phenoxy) is 2. The second kappa shape index (κ2) is 8.43. The molecule has 7 nitrogen and oxygen atoms in total. The molecule has 2 aliphatic rings. The molecule has 1 aromatic carbocycles. The van der Waals surface area contributed by atoms with Crippen molar-refractivity contribution in [1.29, 1.82) is 0 Å². The van der Waals surface area contributed by atoms with E-state index in [1.54, 1.807) is 14.2 Å². The molecule has 1 aliphatic heterocycles. The number of rotatable bonds is 5. The van der Waals surface area contributed by atoms with Gasteiger partial charge in [-0.2, -0.15) is 0 Å². The van der Waals surface area contributed by atoms with E-state index in [1.807, 2.05) is 18.4 Å². The number of likely N-dealkylation sites (N-methyl/N-ethyl adjacent to an activating group) is 1. The maximum atomic E-state index is 12.5. The van der Waals surface area contributed by atoms with Gasteiger partial charge in [-0.3, -0.25) is 5.32 Å². The summed E-state index contributed by atoms with van der Waals surface area (Å²) in [4.78, 5) is 19.2. The van der Waals surface area contributed by atoms with Gasteiger partial charge in [0.25, 0.3) is 0 Å². The summed E-state index contributed by atoms with van der Waals surface area (Å²) in [6, 6.07) is 6.66. The number of amides is 2. The lowest BCUT2D eigenvalue weighted by atomic mass is 9.65. The van der Waals surface area contributed by atoms with Crippen molar-refractivity contribution in [3.63, 3.8) is 0 Å². The molecule has 2 amide bonds. The standard InChI is InChI=1S/C22H30N4O3S/c1-14-13-30-21(23-14)25-20(27)24-16-7-8-22(9-10-26(2)19(22)12-16)15-5-6-17(28-3)18(11-15)29-4/h5-6,11,13,16,19H,7-10,12H2,1-4H3,(H2,23,24,25,27)/t16-,19+,22-/m0/s1. The summed E-state index contributed by atoms with van der Waals surface area (Å²) >= 11 is 1.45. The second-order valence-electron chi connectivity index (χ2n) is 8.34. The molecule has 2 aromatic rings. The number of hydrogen-bond acceptors (Lipinski definition) is 6. The van der Waals surface area contributed by atoms with Crippen LogP contribution in [-0.4, -0.2) is 55.8 Å². The Morgan fingerprint density at radius 3 is 2.77 bits per heavy atom. The Bertz CT molecular complexity index is 918. The minimum absolute atomic E-state index is 0.0787. The van der Waals surface area contributed by atoms with Gasteiger partial charge in [0.15, 0.2) is 16.6 Å². The highest BCUT2D eigenvalue weighted by Crippen LogP contribution is 2.49. The van der Waals surface area contributed by atoms with Gasteiger partial charge < -0.3 is 19.7 Å². The third kappa shape index (κ3) is 3.86. The zero-order chi connectivity index (χ0) is 21.3. The summed E-state index contributed by atoms with van der Waals surface area (Å²) in [5.74, 6) is 1.53. The third-order valence-corrected chi connectivity index (χ3v) is 7.54. The number of methoxy groups -OCH3 is 2. The Balaban J connectivity index is 1.49. The van der Waals surface area contributed by atoms with Crippen molar-refractivity contribution in [3.05, 3.63) is 34.8 Å². The van der Waals surface area contributed by atoms with Crippen molar-refractivity contribution < 1.29 is 14.3 Å². The summed E-state index contributed by atoms with van der Waals surface area (Å²) in [6.07, 6.45) is 4.01. The zero-order valence-electron chi connectivity index (χ0n) is 18.0. The Labute approximate surface area is 181 Å². The molecule has 1 saturated heterocycles. The zero-order valence-corrected chi connectivity index (χ0v) is 18.8. The van der Waals surface area contributed by atoms with Crippen molar-refractivity contribution in [1.82, 2.24) is 15.2 Å². The fourth-order valence-electron chi connectivity index (χ4n) is 5.12. The average molecular weight is 431 g/mol. The summed E-state index contributed by atoms with van der Waals surface area (Å²) in [5, 5.41) is 8.60. The lowest BCUT2D eigenvalue weighted by Crippen LogP contribution is -2.52. The summed E-state index contributed by atoms with van der Waals surface area (Å²) in [5.41, 5.74) is 2.30. The predicted molar refractivity (Wildman–Crippen MR) is 119 cm³/mol. The van der Waals surface area contributed by atoms with Crippen LogP contribution in [0.3, 0.4) is 0 Å². The first kappa shape index (κ1) is 20.9. The summed E-state index contributed by atoms with van der Waals surface area (Å²) in [6.45, 7) is 2.97. The molecular weight excluding hydrogens is 400 g/mol. The van der Waals surface area contributed by atoms with Gasteiger partial charge in [-0.15, -0.1) is 11.3 Å². The molecule has 2 heterocycles. The van der Waals surface area contributed by atoms with E-state index < -0.39 is 0 Å². The number of fused-ring (bicyclic) bond motifs is 1. The van der Waals surface area contributed by atoms with Crippen molar-refractivity contribution in [3.8, 4) is 11.5 Å². The van der Waals surface area contributed by atoms with Gasteiger partial charge in [0.2, 0.25) is 0 Å². The largest absolute Gasteiger partial charge is 0.493 e. The second-order valence-corrected chi connectivity index (χ2v) is 9.19. The van der Waals surface area contributed by atoms with E-state index in [9.17, 15) is 4.79 Å². The minimum atomic E-state index is -0.173. The number of hydrogen-bond donors (Lipinski definition) is 2. The van der Waals surface area contributed by atoms with Crippen LogP contribution < -0.4 is 20.1 Å². The molecule has 1 saturated carbocycles. The molecule has 0 radical (unpaired) electrons. The van der Waals surface area contributed by atoms with Crippen molar-refractivity contribution in [2.24, 2.45) is 0 Å². The van der Waals surface area contributed by atoms with Crippen molar-refractivity contribution in [2.45, 2.75) is 50.1 Å². The number of benzene rings is 1. The van der Waals surface area contributed by atoms with Crippen LogP contribution in [0.4, 0.5) is 9.93 Å². The smallest absolute Gasteiger partial charge is 0.321 e. The molecular formula is C22H30N4O3S. The van der Waals surface area contributed by atoms with Crippen LogP contribution in [0.2, 0.25) is 0 Å². The van der Waals surface area contributed by atoms with Crippen LogP contribution in [0, 0.1) is 6.92 Å². The van der Waals surface area contributed by atoms with E-state index in [1.165, 1.54) is 16.9 Å². The number of nitrogens with one attached hydrogen (secondary N) is 2. The first-order chi connectivity index (χ1) is 14.4. The fraction of sp³-hybridized carbons (Fsp3) is 0.545. The highest BCUT2D eigenvalue weighted by molar-refractivity contribution is 7.13. The highest BCUT2D eigenvalue weighted by Gasteiger charge is 2.50. The predicted octanol–water partition coefficient (Wildman–Crippen LogP) is 3.78. The molecule has 1 aromatic heterocycles. The maximum Gasteiger partial charge on any atom is 0.321 e. The molecule has 0 spiro atoms. The van der Waals surface area contributed by atoms with Crippen LogP contribution in [0.25, 0.3) is 0 Å². The maximum absolute atomic E-state index is 12.5. The molecule has 0 unspecified atom stereocenters. The van der Waals surface area contributed by atoms with Gasteiger partial charge in [-0.05, 0) is 63.9 Å². The minimum Gasteiger partial charge on any atom is -0.493 e. The summed E-state index contributed by atoms with van der Waals surface area (Å²) in [7, 11) is 5.53. The number of aromatic nitrogens is 1. The van der Waals surface area contributed by atoms with Gasteiger partial charge in [0.1, 0.15) is 0 Å². The number of likely N-dealkylation sites (tertiary alicyclic amines) is 1. The van der Waals surface area contributed by atoms with Gasteiger partial charge >= 0.3 is 6.03 Å². The average Bonchev–Trinajstić information content (AvgIpc) is 3.31. The number of nitrogens with zero attached hydrogens (tertiary/aromatic N) is 2. The first-order valence-corrected chi connectivity index (χ1v) is 11.3. The molecule has 4 rings (SSSR count). The Morgan fingerprint density at radius 1 is 1.27 bits per heavy atom. The molecule has 1 aliphatic carbocycles. The van der Waals surface area contributed by atoms with Gasteiger partial charge in [0.05, 0.1) is 19.9 Å². The number of carbonyl (C=O) groups excluding carboxylic acids is 1. The molecule has 162 valence electrons. The van der Waals surface area contributed by atoms with Crippen LogP contribution >= 0.6 is 11.3 Å². The van der Waals surface area contributed by atoms with E-state index in [4.69, 9.17) is 9.47 Å². The van der Waals surface area contributed by atoms with E-state index in [-0.39, 0.29) is 17.5 Å². The van der Waals surface area contributed by atoms with E-state index in [0.717, 1.165) is 49.4 Å². The molecule has 2 N–H and O–H groups in total. The number of carbonyl (C=O) groups is 1. The molecule has 0 bridgehead atoms. The fourth-order valence-corrected chi connectivity index (χ4v) is 5.81. The van der Waals surface area contributed by atoms with E-state index in [2.05, 4.69) is 39.7 Å². The lowest BCUT2D eigenvalue weighted by molar-refractivity contribution is 0.156. The SMILES string of the molecule is COc1ccc([C@@]23CC[C@H](NC(=O)Nc4nc(C)cs4)C[C@H]2N(C)CC3)cc1OC. The van der Waals surface area contributed by atoms with Gasteiger partial charge in [-0.1, -0.05) is 6.07 Å².